The summed E-state index contributed by atoms with van der Waals surface area (Å²) in [5.74, 6) is -2.06. The van der Waals surface area contributed by atoms with Crippen molar-refractivity contribution in [1.29, 1.82) is 0 Å². The fourth-order valence-corrected chi connectivity index (χ4v) is 2.60. The van der Waals surface area contributed by atoms with E-state index in [9.17, 15) is 13.2 Å². The lowest BCUT2D eigenvalue weighted by molar-refractivity contribution is -0.545. The predicted molar refractivity (Wildman–Crippen MR) is 104 cm³/mol. The summed E-state index contributed by atoms with van der Waals surface area (Å²) in [6, 6.07) is 30.6. The first-order valence-corrected chi connectivity index (χ1v) is 8.82. The Balaban J connectivity index is 0.000000318. The molecule has 0 atom stereocenters. The zero-order valence-electron chi connectivity index (χ0n) is 15.5. The van der Waals surface area contributed by atoms with Crippen molar-refractivity contribution in [3.05, 3.63) is 96.6 Å². The average molecular weight is 414 g/mol. The first-order chi connectivity index (χ1) is 14.4. The molecule has 0 bridgehead atoms. The molecule has 154 valence electrons. The van der Waals surface area contributed by atoms with Crippen LogP contribution in [0.15, 0.2) is 96.1 Å². The van der Waals surface area contributed by atoms with Crippen LogP contribution in [-0.4, -0.2) is 18.0 Å². The van der Waals surface area contributed by atoms with Crippen LogP contribution in [0.1, 0.15) is 5.56 Å². The van der Waals surface area contributed by atoms with Crippen molar-refractivity contribution >= 4 is 23.2 Å². The molecule has 0 spiro atoms. The lowest BCUT2D eigenvalue weighted by Gasteiger charge is -2.23. The highest BCUT2D eigenvalue weighted by molar-refractivity contribution is 5.93. The lowest BCUT2D eigenvalue weighted by atomic mass is 10.2. The summed E-state index contributed by atoms with van der Waals surface area (Å²) in [5.41, 5.74) is 5.27. The Labute approximate surface area is 170 Å². The van der Waals surface area contributed by atoms with Crippen LogP contribution >= 0.6 is 0 Å². The van der Waals surface area contributed by atoms with Gasteiger partial charge in [-0.15, -0.1) is 10.2 Å². The first kappa shape index (κ1) is 20.9. The molecular weight excluding hydrogens is 397 g/mol. The zero-order valence-corrected chi connectivity index (χ0v) is 15.5. The van der Waals surface area contributed by atoms with Crippen molar-refractivity contribution in [3.8, 4) is 0 Å². The van der Waals surface area contributed by atoms with E-state index in [0.717, 1.165) is 22.8 Å². The number of nitrogens with zero attached hydrogens (tertiary/aromatic N) is 3. The van der Waals surface area contributed by atoms with Crippen molar-refractivity contribution in [1.82, 2.24) is 0 Å². The minimum atomic E-state index is -5.19. The molecule has 0 amide bonds. The number of rotatable bonds is 3. The number of amidine groups is 1. The third-order valence-corrected chi connectivity index (χ3v) is 3.96. The van der Waals surface area contributed by atoms with Crippen LogP contribution in [-0.2, 0) is 4.79 Å². The topological polar surface area (TPSA) is 75.6 Å². The number of anilines is 2. The Hall–Kier alpha value is -3.85. The van der Waals surface area contributed by atoms with Crippen LogP contribution < -0.4 is 20.8 Å². The fourth-order valence-electron chi connectivity index (χ4n) is 2.60. The summed E-state index contributed by atoms with van der Waals surface area (Å²) in [6.45, 7) is 0. The maximum absolute atomic E-state index is 10.5. The number of para-hydroxylation sites is 2. The number of carbonyl (C=O) groups excluding carboxylic acids is 1. The number of quaternary nitrogens is 1. The standard InChI is InChI=1S/C19H16N4.C2HF3O2/c1-4-10-16(11-5-1)19-20-22(17-12-6-2-7-13-17)23(21-19)18-14-8-3-9-15-18;3-2(4,5)1(6)7/h1-15H,(H,20,21);(H,6,7). The molecule has 0 saturated heterocycles. The highest BCUT2D eigenvalue weighted by Gasteiger charge is 2.31. The summed E-state index contributed by atoms with van der Waals surface area (Å²) < 4.78 is 31.5. The molecule has 3 aromatic carbocycles. The van der Waals surface area contributed by atoms with E-state index in [0.29, 0.717) is 0 Å². The minimum Gasteiger partial charge on any atom is -0.542 e. The molecule has 1 heterocycles. The van der Waals surface area contributed by atoms with E-state index in [1.807, 2.05) is 59.7 Å². The van der Waals surface area contributed by atoms with Gasteiger partial charge >= 0.3 is 6.18 Å². The number of benzene rings is 3. The van der Waals surface area contributed by atoms with Crippen LogP contribution in [0.3, 0.4) is 0 Å². The molecule has 0 unspecified atom stereocenters. The minimum absolute atomic E-state index is 0.943. The van der Waals surface area contributed by atoms with Gasteiger partial charge in [0, 0.05) is 0 Å². The monoisotopic (exact) mass is 414 g/mol. The summed E-state index contributed by atoms with van der Waals surface area (Å²) in [5, 5.41) is 17.6. The number of carboxylic acids is 1. The Morgan fingerprint density at radius 1 is 0.800 bits per heavy atom. The van der Waals surface area contributed by atoms with Crippen LogP contribution in [0, 0.1) is 0 Å². The van der Waals surface area contributed by atoms with Crippen molar-refractivity contribution in [3.63, 3.8) is 0 Å². The van der Waals surface area contributed by atoms with Crippen molar-refractivity contribution < 1.29 is 28.5 Å². The number of alkyl halides is 3. The lowest BCUT2D eigenvalue weighted by Crippen LogP contribution is -2.96. The van der Waals surface area contributed by atoms with Gasteiger partial charge in [-0.05, 0) is 36.4 Å². The van der Waals surface area contributed by atoms with Gasteiger partial charge in [-0.3, -0.25) is 0 Å². The van der Waals surface area contributed by atoms with Crippen molar-refractivity contribution in [2.45, 2.75) is 6.18 Å². The first-order valence-electron chi connectivity index (χ1n) is 8.82. The van der Waals surface area contributed by atoms with Gasteiger partial charge in [0.25, 0.3) is 5.84 Å². The maximum atomic E-state index is 10.5. The smallest absolute Gasteiger partial charge is 0.430 e. The average Bonchev–Trinajstić information content (AvgIpc) is 3.21. The van der Waals surface area contributed by atoms with Crippen LogP contribution in [0.25, 0.3) is 0 Å². The quantitative estimate of drug-likeness (QED) is 0.666. The van der Waals surface area contributed by atoms with Gasteiger partial charge in [0.05, 0.1) is 11.3 Å². The van der Waals surface area contributed by atoms with Gasteiger partial charge in [0.1, 0.15) is 11.7 Å². The molecule has 9 heteroatoms. The molecule has 1 aliphatic rings. The number of carbonyl (C=O) groups is 1. The molecule has 0 aliphatic carbocycles. The maximum Gasteiger partial charge on any atom is 0.430 e. The molecule has 0 fully saturated rings. The molecule has 0 saturated carbocycles. The zero-order chi connectivity index (χ0) is 21.6. The van der Waals surface area contributed by atoms with E-state index < -0.39 is 12.1 Å². The van der Waals surface area contributed by atoms with Gasteiger partial charge in [0.15, 0.2) is 0 Å². The Kier molecular flexibility index (Phi) is 6.33. The predicted octanol–water partition coefficient (Wildman–Crippen LogP) is 2.07. The normalized spacial score (nSPS) is 13.4. The van der Waals surface area contributed by atoms with E-state index in [4.69, 9.17) is 15.0 Å². The number of halogens is 3. The molecule has 0 aromatic heterocycles. The second-order valence-electron chi connectivity index (χ2n) is 6.07. The molecule has 30 heavy (non-hydrogen) atoms. The molecule has 1 aliphatic heterocycles. The summed E-state index contributed by atoms with van der Waals surface area (Å²) in [6.07, 6.45) is -5.19. The number of hydrogen-bond donors (Lipinski definition) is 1. The van der Waals surface area contributed by atoms with Gasteiger partial charge in [-0.25, -0.2) is 0 Å². The van der Waals surface area contributed by atoms with Crippen LogP contribution in [0.4, 0.5) is 24.5 Å². The largest absolute Gasteiger partial charge is 0.542 e. The van der Waals surface area contributed by atoms with E-state index in [-0.39, 0.29) is 0 Å². The molecule has 4 rings (SSSR count). The molecular formula is C21H17F3N4O2. The SMILES string of the molecule is O=C([O-])C(F)(F)F.c1ccc(C2=NN(c3ccccc3)N(c3ccccc3)[NH2+]2)cc1. The molecule has 3 aromatic rings. The number of hydrazone groups is 1. The van der Waals surface area contributed by atoms with Gasteiger partial charge < -0.3 is 9.90 Å². The van der Waals surface area contributed by atoms with Crippen molar-refractivity contribution in [2.24, 2.45) is 5.10 Å². The van der Waals surface area contributed by atoms with Crippen molar-refractivity contribution in [2.75, 3.05) is 10.2 Å². The highest BCUT2D eigenvalue weighted by atomic mass is 19.4. The van der Waals surface area contributed by atoms with E-state index in [1.165, 1.54) is 0 Å². The molecule has 2 N–H and O–H groups in total. The van der Waals surface area contributed by atoms with Crippen LogP contribution in [0.2, 0.25) is 0 Å². The van der Waals surface area contributed by atoms with E-state index in [2.05, 4.69) is 46.9 Å². The molecule has 6 nitrogen and oxygen atoms in total. The molecule has 0 radical (unpaired) electrons. The van der Waals surface area contributed by atoms with E-state index in [1.54, 1.807) is 0 Å². The summed E-state index contributed by atoms with van der Waals surface area (Å²) >= 11 is 0. The number of hydrazine groups is 1. The Morgan fingerprint density at radius 3 is 1.70 bits per heavy atom. The number of carboxylic acid groups (broad SMARTS) is 1. The van der Waals surface area contributed by atoms with Crippen LogP contribution in [0.5, 0.6) is 0 Å². The summed E-state index contributed by atoms with van der Waals surface area (Å²) in [4.78, 5) is 8.78. The third kappa shape index (κ3) is 5.15. The fraction of sp³-hybridized carbons (Fsp3) is 0.0476. The Morgan fingerprint density at radius 2 is 1.23 bits per heavy atom. The van der Waals surface area contributed by atoms with Gasteiger partial charge in [-0.1, -0.05) is 59.7 Å². The summed E-state index contributed by atoms with van der Waals surface area (Å²) in [7, 11) is 0. The third-order valence-electron chi connectivity index (χ3n) is 3.96. The van der Waals surface area contributed by atoms with Gasteiger partial charge in [0.2, 0.25) is 0 Å². The Bertz CT molecular complexity index is 997. The number of aliphatic carboxylic acids is 1. The van der Waals surface area contributed by atoms with Gasteiger partial charge in [-0.2, -0.15) is 18.6 Å². The second-order valence-corrected chi connectivity index (χ2v) is 6.07. The second kappa shape index (κ2) is 9.10. The van der Waals surface area contributed by atoms with E-state index >= 15 is 0 Å². The highest BCUT2D eigenvalue weighted by Crippen LogP contribution is 2.22. The number of nitrogens with two attached hydrogens (primary N) is 1. The number of hydrogen-bond acceptors (Lipinski definition) is 5.